The predicted molar refractivity (Wildman–Crippen MR) is 66.4 cm³/mol. The zero-order valence-corrected chi connectivity index (χ0v) is 10.6. The Hall–Kier alpha value is -1.55. The molecule has 1 aliphatic carbocycles. The molecule has 0 saturated heterocycles. The van der Waals surface area contributed by atoms with Gasteiger partial charge in [-0.2, -0.15) is 0 Å². The topological polar surface area (TPSA) is 61.4 Å². The smallest absolute Gasteiger partial charge is 0.128 e. The molecule has 1 unspecified atom stereocenters. The van der Waals surface area contributed by atoms with Crippen LogP contribution in [-0.2, 0) is 17.6 Å². The summed E-state index contributed by atoms with van der Waals surface area (Å²) in [5.41, 5.74) is 2.43. The Kier molecular flexibility index (Phi) is 4.20. The predicted octanol–water partition coefficient (Wildman–Crippen LogP) is 0.140. The van der Waals surface area contributed by atoms with Gasteiger partial charge in [-0.1, -0.05) is 12.1 Å². The molecule has 0 radical (unpaired) electrons. The fourth-order valence-electron chi connectivity index (χ4n) is 2.58. The molecule has 18 heavy (non-hydrogen) atoms. The number of aliphatic carboxylic acids is 1. The molecule has 1 aliphatic rings. The van der Waals surface area contributed by atoms with Crippen molar-refractivity contribution in [3.63, 3.8) is 0 Å². The van der Waals surface area contributed by atoms with Crippen molar-refractivity contribution >= 4 is 5.97 Å². The van der Waals surface area contributed by atoms with Crippen molar-refractivity contribution in [1.82, 2.24) is 5.32 Å². The third-order valence-electron chi connectivity index (χ3n) is 3.38. The lowest BCUT2D eigenvalue weighted by Gasteiger charge is -2.26. The van der Waals surface area contributed by atoms with E-state index < -0.39 is 5.97 Å². The molecular formula is C14H18NO3-. The maximum absolute atomic E-state index is 10.4. The number of nitrogens with one attached hydrogen (secondary N) is 1. The molecule has 4 nitrogen and oxygen atoms in total. The summed E-state index contributed by atoms with van der Waals surface area (Å²) in [6.45, 7) is 0.639. The molecule has 4 heteroatoms. The van der Waals surface area contributed by atoms with Crippen LogP contribution in [0.2, 0.25) is 0 Å². The Morgan fingerprint density at radius 2 is 2.39 bits per heavy atom. The molecule has 0 aliphatic heterocycles. The number of benzene rings is 1. The second kappa shape index (κ2) is 5.87. The number of ether oxygens (including phenoxy) is 1. The van der Waals surface area contributed by atoms with Crippen LogP contribution in [0.5, 0.6) is 5.75 Å². The SMILES string of the molecule is CNCC1CCc2c(cccc2OCC(=O)[O-])C1. The molecule has 2 rings (SSSR count). The summed E-state index contributed by atoms with van der Waals surface area (Å²) in [4.78, 5) is 10.4. The number of hydrogen-bond donors (Lipinski definition) is 1. The highest BCUT2D eigenvalue weighted by molar-refractivity contribution is 5.66. The van der Waals surface area contributed by atoms with Gasteiger partial charge in [0.15, 0.2) is 0 Å². The molecule has 0 spiro atoms. The molecule has 0 heterocycles. The summed E-state index contributed by atoms with van der Waals surface area (Å²) < 4.78 is 5.28. The van der Waals surface area contributed by atoms with E-state index in [1.807, 2.05) is 19.2 Å². The fourth-order valence-corrected chi connectivity index (χ4v) is 2.58. The van der Waals surface area contributed by atoms with Gasteiger partial charge in [0.2, 0.25) is 0 Å². The van der Waals surface area contributed by atoms with Crippen LogP contribution in [0.3, 0.4) is 0 Å². The highest BCUT2D eigenvalue weighted by Gasteiger charge is 2.20. The summed E-state index contributed by atoms with van der Waals surface area (Å²) >= 11 is 0. The number of carbonyl (C=O) groups excluding carboxylic acids is 1. The van der Waals surface area contributed by atoms with E-state index in [-0.39, 0.29) is 6.61 Å². The van der Waals surface area contributed by atoms with Gasteiger partial charge < -0.3 is 20.0 Å². The third-order valence-corrected chi connectivity index (χ3v) is 3.38. The van der Waals surface area contributed by atoms with E-state index in [4.69, 9.17) is 4.74 Å². The van der Waals surface area contributed by atoms with Gasteiger partial charge in [-0.25, -0.2) is 0 Å². The average molecular weight is 248 g/mol. The van der Waals surface area contributed by atoms with Crippen LogP contribution in [0.15, 0.2) is 18.2 Å². The molecule has 0 fully saturated rings. The maximum Gasteiger partial charge on any atom is 0.128 e. The van der Waals surface area contributed by atoms with E-state index >= 15 is 0 Å². The Labute approximate surface area is 107 Å². The second-order valence-corrected chi connectivity index (χ2v) is 4.72. The van der Waals surface area contributed by atoms with Crippen molar-refractivity contribution in [2.24, 2.45) is 5.92 Å². The highest BCUT2D eigenvalue weighted by atomic mass is 16.5. The molecule has 0 saturated carbocycles. The molecule has 1 atom stereocenters. The van der Waals surface area contributed by atoms with E-state index in [9.17, 15) is 9.90 Å². The van der Waals surface area contributed by atoms with Crippen molar-refractivity contribution in [2.45, 2.75) is 19.3 Å². The monoisotopic (exact) mass is 248 g/mol. The summed E-state index contributed by atoms with van der Waals surface area (Å²) in [6, 6.07) is 5.86. The zero-order chi connectivity index (χ0) is 13.0. The Morgan fingerprint density at radius 3 is 3.11 bits per heavy atom. The second-order valence-electron chi connectivity index (χ2n) is 4.72. The lowest BCUT2D eigenvalue weighted by molar-refractivity contribution is -0.307. The zero-order valence-electron chi connectivity index (χ0n) is 10.6. The Balaban J connectivity index is 2.11. The van der Waals surface area contributed by atoms with Gasteiger partial charge >= 0.3 is 0 Å². The molecule has 1 aromatic carbocycles. The summed E-state index contributed by atoms with van der Waals surface area (Å²) in [7, 11) is 1.97. The molecule has 0 aromatic heterocycles. The van der Waals surface area contributed by atoms with E-state index in [0.717, 1.165) is 31.4 Å². The van der Waals surface area contributed by atoms with Gasteiger partial charge in [-0.05, 0) is 56.0 Å². The van der Waals surface area contributed by atoms with Gasteiger partial charge in [0, 0.05) is 0 Å². The summed E-state index contributed by atoms with van der Waals surface area (Å²) in [5.74, 6) is 0.162. The Morgan fingerprint density at radius 1 is 1.56 bits per heavy atom. The minimum absolute atomic E-state index is 0.379. The van der Waals surface area contributed by atoms with Crippen LogP contribution in [0.4, 0.5) is 0 Å². The van der Waals surface area contributed by atoms with Crippen LogP contribution >= 0.6 is 0 Å². The molecule has 0 bridgehead atoms. The lowest BCUT2D eigenvalue weighted by Crippen LogP contribution is -2.29. The standard InChI is InChI=1S/C14H19NO3/c1-15-8-10-5-6-12-11(7-10)3-2-4-13(12)18-9-14(16)17/h2-4,10,15H,5-9H2,1H3,(H,16,17)/p-1. The van der Waals surface area contributed by atoms with E-state index in [0.29, 0.717) is 11.7 Å². The van der Waals surface area contributed by atoms with Gasteiger partial charge in [0.1, 0.15) is 12.4 Å². The molecule has 98 valence electrons. The number of carboxylic acid groups (broad SMARTS) is 1. The van der Waals surface area contributed by atoms with Gasteiger partial charge in [-0.15, -0.1) is 0 Å². The van der Waals surface area contributed by atoms with Crippen LogP contribution in [-0.4, -0.2) is 26.2 Å². The maximum atomic E-state index is 10.4. The van der Waals surface area contributed by atoms with Crippen molar-refractivity contribution in [1.29, 1.82) is 0 Å². The van der Waals surface area contributed by atoms with E-state index in [2.05, 4.69) is 11.4 Å². The van der Waals surface area contributed by atoms with Crippen molar-refractivity contribution < 1.29 is 14.6 Å². The minimum atomic E-state index is -1.18. The first kappa shape index (κ1) is 12.9. The van der Waals surface area contributed by atoms with Crippen molar-refractivity contribution in [3.8, 4) is 5.75 Å². The molecule has 1 N–H and O–H groups in total. The quantitative estimate of drug-likeness (QED) is 0.805. The van der Waals surface area contributed by atoms with E-state index in [1.165, 1.54) is 5.56 Å². The number of fused-ring (bicyclic) bond motifs is 1. The number of hydrogen-bond acceptors (Lipinski definition) is 4. The summed E-state index contributed by atoms with van der Waals surface area (Å²) in [5, 5.41) is 13.6. The molecule has 0 amide bonds. The van der Waals surface area contributed by atoms with Gasteiger partial charge in [-0.3, -0.25) is 0 Å². The van der Waals surface area contributed by atoms with Crippen molar-refractivity contribution in [3.05, 3.63) is 29.3 Å². The summed E-state index contributed by atoms with van der Waals surface area (Å²) in [6.07, 6.45) is 3.09. The largest absolute Gasteiger partial charge is 0.546 e. The third kappa shape index (κ3) is 3.01. The van der Waals surface area contributed by atoms with Gasteiger partial charge in [0.05, 0.1) is 5.97 Å². The first-order valence-corrected chi connectivity index (χ1v) is 6.28. The van der Waals surface area contributed by atoms with Crippen LogP contribution in [0, 0.1) is 5.92 Å². The number of carbonyl (C=O) groups is 1. The fraction of sp³-hybridized carbons (Fsp3) is 0.500. The van der Waals surface area contributed by atoms with Crippen LogP contribution < -0.4 is 15.2 Å². The number of carboxylic acids is 1. The lowest BCUT2D eigenvalue weighted by atomic mass is 9.83. The number of rotatable bonds is 5. The molecule has 1 aromatic rings. The van der Waals surface area contributed by atoms with Crippen LogP contribution in [0.25, 0.3) is 0 Å². The average Bonchev–Trinajstić information content (AvgIpc) is 2.36. The minimum Gasteiger partial charge on any atom is -0.546 e. The van der Waals surface area contributed by atoms with E-state index in [1.54, 1.807) is 0 Å². The van der Waals surface area contributed by atoms with Crippen molar-refractivity contribution in [2.75, 3.05) is 20.2 Å². The van der Waals surface area contributed by atoms with Gasteiger partial charge in [0.25, 0.3) is 0 Å². The first-order chi connectivity index (χ1) is 8.70. The molecular weight excluding hydrogens is 230 g/mol. The normalized spacial score (nSPS) is 18.2. The highest BCUT2D eigenvalue weighted by Crippen LogP contribution is 2.31. The Bertz CT molecular complexity index is 431. The first-order valence-electron chi connectivity index (χ1n) is 6.28. The van der Waals surface area contributed by atoms with Crippen LogP contribution in [0.1, 0.15) is 17.5 Å².